The van der Waals surface area contributed by atoms with Gasteiger partial charge in [-0.05, 0) is 109 Å². The molecule has 0 aromatic carbocycles. The van der Waals surface area contributed by atoms with E-state index in [1.165, 1.54) is 70.0 Å². The summed E-state index contributed by atoms with van der Waals surface area (Å²) in [6.07, 6.45) is 13.9. The van der Waals surface area contributed by atoms with Gasteiger partial charge in [-0.25, -0.2) is 0 Å². The molecule has 7 unspecified atom stereocenters. The highest BCUT2D eigenvalue weighted by Gasteiger charge is 2.69. The van der Waals surface area contributed by atoms with Crippen molar-refractivity contribution in [3.8, 4) is 0 Å². The van der Waals surface area contributed by atoms with Crippen LogP contribution in [0, 0.1) is 45.3 Å². The molecular formula is C27H44O. The first kappa shape index (κ1) is 19.5. The first-order valence-corrected chi connectivity index (χ1v) is 12.5. The second-order valence-electron chi connectivity index (χ2n) is 12.7. The molecule has 5 aliphatic rings. The Hall–Kier alpha value is -0.460. The lowest BCUT2D eigenvalue weighted by Gasteiger charge is -2.70. The van der Waals surface area contributed by atoms with Crippen LogP contribution in [0.25, 0.3) is 0 Å². The lowest BCUT2D eigenvalue weighted by Crippen LogP contribution is -2.63. The summed E-state index contributed by atoms with van der Waals surface area (Å²) >= 11 is 0. The van der Waals surface area contributed by atoms with Crippen LogP contribution in [0.3, 0.4) is 0 Å². The Balaban J connectivity index is 1.55. The molecule has 0 bridgehead atoms. The van der Waals surface area contributed by atoms with Gasteiger partial charge in [0.25, 0.3) is 0 Å². The predicted octanol–water partition coefficient (Wildman–Crippen LogP) is 7.76. The minimum atomic E-state index is 0.409. The van der Waals surface area contributed by atoms with Crippen LogP contribution in [0.2, 0.25) is 0 Å². The molecule has 0 aromatic heterocycles. The van der Waals surface area contributed by atoms with Crippen molar-refractivity contribution in [1.29, 1.82) is 0 Å². The molecule has 0 amide bonds. The van der Waals surface area contributed by atoms with Crippen LogP contribution in [0.1, 0.15) is 106 Å². The Morgan fingerprint density at radius 1 is 0.821 bits per heavy atom. The van der Waals surface area contributed by atoms with Crippen LogP contribution in [0.5, 0.6) is 0 Å². The largest absolute Gasteiger partial charge is 0.498 e. The fourth-order valence-corrected chi connectivity index (χ4v) is 10.2. The van der Waals surface area contributed by atoms with Gasteiger partial charge in [-0.15, -0.1) is 0 Å². The SMILES string of the molecule is CC(C)C1CCC2C1(C)CCC1(C)C3CCC4=C(CCCO4)C3(C)CCC21C. The van der Waals surface area contributed by atoms with Crippen molar-refractivity contribution in [3.63, 3.8) is 0 Å². The number of rotatable bonds is 1. The van der Waals surface area contributed by atoms with Crippen molar-refractivity contribution < 1.29 is 4.74 Å². The summed E-state index contributed by atoms with van der Waals surface area (Å²) in [6.45, 7) is 16.8. The van der Waals surface area contributed by atoms with Gasteiger partial charge < -0.3 is 4.74 Å². The van der Waals surface area contributed by atoms with Gasteiger partial charge in [0.1, 0.15) is 0 Å². The maximum absolute atomic E-state index is 6.20. The number of ether oxygens (including phenoxy) is 1. The van der Waals surface area contributed by atoms with Crippen molar-refractivity contribution in [2.75, 3.05) is 6.61 Å². The van der Waals surface area contributed by atoms with Gasteiger partial charge in [0.2, 0.25) is 0 Å². The summed E-state index contributed by atoms with van der Waals surface area (Å²) in [6, 6.07) is 0. The van der Waals surface area contributed by atoms with E-state index in [1.807, 2.05) is 0 Å². The summed E-state index contributed by atoms with van der Waals surface area (Å²) in [5.41, 5.74) is 3.78. The van der Waals surface area contributed by atoms with E-state index in [9.17, 15) is 0 Å². The summed E-state index contributed by atoms with van der Waals surface area (Å²) in [4.78, 5) is 0. The minimum absolute atomic E-state index is 0.409. The van der Waals surface area contributed by atoms with Crippen molar-refractivity contribution in [1.82, 2.24) is 0 Å². The van der Waals surface area contributed by atoms with Gasteiger partial charge in [-0.1, -0.05) is 41.5 Å². The fraction of sp³-hybridized carbons (Fsp3) is 0.926. The summed E-state index contributed by atoms with van der Waals surface area (Å²) in [5.74, 6) is 5.01. The van der Waals surface area contributed by atoms with Crippen molar-refractivity contribution >= 4 is 0 Å². The van der Waals surface area contributed by atoms with Crippen LogP contribution >= 0.6 is 0 Å². The molecule has 1 heterocycles. The zero-order valence-corrected chi connectivity index (χ0v) is 19.5. The molecule has 0 radical (unpaired) electrons. The second-order valence-corrected chi connectivity index (χ2v) is 12.7. The molecule has 1 aliphatic heterocycles. The minimum Gasteiger partial charge on any atom is -0.498 e. The second kappa shape index (κ2) is 6.04. The zero-order chi connectivity index (χ0) is 19.9. The number of hydrogen-bond acceptors (Lipinski definition) is 1. The van der Waals surface area contributed by atoms with Crippen LogP contribution < -0.4 is 0 Å². The number of allylic oxidation sites excluding steroid dienone is 2. The van der Waals surface area contributed by atoms with E-state index in [1.54, 1.807) is 5.57 Å². The van der Waals surface area contributed by atoms with E-state index in [-0.39, 0.29) is 0 Å². The maximum atomic E-state index is 6.20. The molecule has 0 aromatic rings. The van der Waals surface area contributed by atoms with Gasteiger partial charge in [0.15, 0.2) is 0 Å². The molecule has 1 nitrogen and oxygen atoms in total. The van der Waals surface area contributed by atoms with Crippen molar-refractivity contribution in [3.05, 3.63) is 11.3 Å². The molecule has 0 spiro atoms. The zero-order valence-electron chi connectivity index (χ0n) is 19.5. The first-order valence-electron chi connectivity index (χ1n) is 12.5. The average molecular weight is 385 g/mol. The molecular weight excluding hydrogens is 340 g/mol. The highest BCUT2D eigenvalue weighted by Crippen LogP contribution is 2.77. The molecule has 3 fully saturated rings. The fourth-order valence-electron chi connectivity index (χ4n) is 10.2. The Morgan fingerprint density at radius 3 is 2.29 bits per heavy atom. The highest BCUT2D eigenvalue weighted by atomic mass is 16.5. The van der Waals surface area contributed by atoms with Crippen molar-refractivity contribution in [2.24, 2.45) is 45.3 Å². The van der Waals surface area contributed by atoms with Gasteiger partial charge in [-0.3, -0.25) is 0 Å². The van der Waals surface area contributed by atoms with Crippen LogP contribution in [0.4, 0.5) is 0 Å². The van der Waals surface area contributed by atoms with Gasteiger partial charge >= 0.3 is 0 Å². The Bertz CT molecular complexity index is 690. The third-order valence-corrected chi connectivity index (χ3v) is 11.7. The first-order chi connectivity index (χ1) is 13.2. The van der Waals surface area contributed by atoms with Crippen LogP contribution in [-0.4, -0.2) is 6.61 Å². The molecule has 3 saturated carbocycles. The lowest BCUT2D eigenvalue weighted by molar-refractivity contribution is -0.199. The maximum Gasteiger partial charge on any atom is 0.0957 e. The van der Waals surface area contributed by atoms with Crippen LogP contribution in [-0.2, 0) is 4.74 Å². The molecule has 0 saturated heterocycles. The Morgan fingerprint density at radius 2 is 1.54 bits per heavy atom. The number of hydrogen-bond donors (Lipinski definition) is 0. The standard InChI is InChI=1S/C27H44O/c1-18(2)19-9-11-22-24(19,3)13-15-27(6)23-12-10-21-20(8-7-17-28-21)25(23,4)14-16-26(22,27)5/h18-19,22-23H,7-17H2,1-6H3. The van der Waals surface area contributed by atoms with E-state index in [4.69, 9.17) is 4.74 Å². The summed E-state index contributed by atoms with van der Waals surface area (Å²) in [5, 5.41) is 0. The Kier molecular flexibility index (Phi) is 4.21. The van der Waals surface area contributed by atoms with E-state index < -0.39 is 0 Å². The topological polar surface area (TPSA) is 9.23 Å². The van der Waals surface area contributed by atoms with Crippen LogP contribution in [0.15, 0.2) is 11.3 Å². The lowest BCUT2D eigenvalue weighted by atomic mass is 9.34. The molecule has 0 N–H and O–H groups in total. The van der Waals surface area contributed by atoms with E-state index in [2.05, 4.69) is 41.5 Å². The summed E-state index contributed by atoms with van der Waals surface area (Å²) < 4.78 is 6.20. The summed E-state index contributed by atoms with van der Waals surface area (Å²) in [7, 11) is 0. The molecule has 28 heavy (non-hydrogen) atoms. The normalized spacial score (nSPS) is 53.2. The van der Waals surface area contributed by atoms with E-state index in [0.717, 1.165) is 30.3 Å². The van der Waals surface area contributed by atoms with Gasteiger partial charge in [0.05, 0.1) is 12.4 Å². The third-order valence-electron chi connectivity index (χ3n) is 11.7. The van der Waals surface area contributed by atoms with Crippen molar-refractivity contribution in [2.45, 2.75) is 106 Å². The molecule has 4 aliphatic carbocycles. The highest BCUT2D eigenvalue weighted by molar-refractivity contribution is 5.30. The molecule has 1 heteroatoms. The average Bonchev–Trinajstić information content (AvgIpc) is 3.02. The molecule has 7 atom stereocenters. The van der Waals surface area contributed by atoms with Gasteiger partial charge in [0, 0.05) is 6.42 Å². The Labute approximate surface area is 174 Å². The smallest absolute Gasteiger partial charge is 0.0957 e. The predicted molar refractivity (Wildman–Crippen MR) is 117 cm³/mol. The molecule has 5 rings (SSSR count). The quantitative estimate of drug-likeness (QED) is 0.449. The monoisotopic (exact) mass is 384 g/mol. The third kappa shape index (κ3) is 2.20. The van der Waals surface area contributed by atoms with E-state index >= 15 is 0 Å². The molecule has 158 valence electrons. The van der Waals surface area contributed by atoms with E-state index in [0.29, 0.717) is 21.7 Å². The van der Waals surface area contributed by atoms with Gasteiger partial charge in [-0.2, -0.15) is 0 Å². The number of fused-ring (bicyclic) bond motifs is 6.